The zero-order valence-electron chi connectivity index (χ0n) is 11.8. The van der Waals surface area contributed by atoms with E-state index < -0.39 is 0 Å². The summed E-state index contributed by atoms with van der Waals surface area (Å²) in [5.41, 5.74) is 3.69. The van der Waals surface area contributed by atoms with Gasteiger partial charge >= 0.3 is 0 Å². The molecule has 1 aromatic heterocycles. The van der Waals surface area contributed by atoms with Crippen LogP contribution < -0.4 is 5.32 Å². The molecule has 0 unspecified atom stereocenters. The lowest BCUT2D eigenvalue weighted by Crippen LogP contribution is -2.11. The van der Waals surface area contributed by atoms with Gasteiger partial charge in [-0.25, -0.2) is 0 Å². The fourth-order valence-corrected chi connectivity index (χ4v) is 2.97. The van der Waals surface area contributed by atoms with Crippen LogP contribution in [0.25, 0.3) is 0 Å². The largest absolute Gasteiger partial charge is 0.313 e. The van der Waals surface area contributed by atoms with Crippen molar-refractivity contribution in [2.45, 2.75) is 31.0 Å². The highest BCUT2D eigenvalue weighted by molar-refractivity contribution is 7.98. The van der Waals surface area contributed by atoms with Crippen molar-refractivity contribution in [2.24, 2.45) is 7.05 Å². The summed E-state index contributed by atoms with van der Waals surface area (Å²) in [6.45, 7) is 6.11. The Hall–Kier alpha value is -1.26. The Morgan fingerprint density at radius 1 is 1.32 bits per heavy atom. The lowest BCUT2D eigenvalue weighted by atomic mass is 10.2. The first-order chi connectivity index (χ1) is 9.19. The molecule has 0 saturated heterocycles. The summed E-state index contributed by atoms with van der Waals surface area (Å²) in [6, 6.07) is 10.9. The average Bonchev–Trinajstić information content (AvgIpc) is 2.73. The third-order valence-corrected chi connectivity index (χ3v) is 3.99. The topological polar surface area (TPSA) is 29.9 Å². The molecule has 0 atom stereocenters. The minimum absolute atomic E-state index is 0.940. The molecule has 0 bridgehead atoms. The van der Waals surface area contributed by atoms with E-state index in [0.29, 0.717) is 0 Å². The summed E-state index contributed by atoms with van der Waals surface area (Å²) < 4.78 is 1.96. The van der Waals surface area contributed by atoms with Crippen molar-refractivity contribution >= 4 is 11.8 Å². The Balaban J connectivity index is 1.97. The van der Waals surface area contributed by atoms with E-state index in [1.165, 1.54) is 16.2 Å². The summed E-state index contributed by atoms with van der Waals surface area (Å²) >= 11 is 1.86. The molecule has 0 saturated carbocycles. The predicted molar refractivity (Wildman–Crippen MR) is 81.3 cm³/mol. The Morgan fingerprint density at radius 2 is 2.16 bits per heavy atom. The number of thioether (sulfide) groups is 1. The van der Waals surface area contributed by atoms with Gasteiger partial charge in [0.25, 0.3) is 0 Å². The Bertz CT molecular complexity index is 534. The number of aryl methyl sites for hydroxylation is 2. The lowest BCUT2D eigenvalue weighted by Gasteiger charge is -2.06. The molecular formula is C15H21N3S. The van der Waals surface area contributed by atoms with Crippen molar-refractivity contribution < 1.29 is 0 Å². The first kappa shape index (κ1) is 14.2. The summed E-state index contributed by atoms with van der Waals surface area (Å²) in [6.07, 6.45) is 0. The van der Waals surface area contributed by atoms with Crippen LogP contribution in [0, 0.1) is 6.92 Å². The van der Waals surface area contributed by atoms with E-state index in [1.54, 1.807) is 0 Å². The van der Waals surface area contributed by atoms with E-state index in [1.807, 2.05) is 30.4 Å². The van der Waals surface area contributed by atoms with Crippen LogP contribution >= 0.6 is 11.8 Å². The van der Waals surface area contributed by atoms with Crippen molar-refractivity contribution in [2.75, 3.05) is 6.54 Å². The zero-order valence-corrected chi connectivity index (χ0v) is 12.6. The molecule has 102 valence electrons. The molecule has 2 rings (SSSR count). The zero-order chi connectivity index (χ0) is 13.7. The number of aromatic nitrogens is 2. The molecule has 4 heteroatoms. The molecule has 19 heavy (non-hydrogen) atoms. The highest BCUT2D eigenvalue weighted by atomic mass is 32.2. The van der Waals surface area contributed by atoms with Crippen LogP contribution in [0.1, 0.15) is 23.9 Å². The first-order valence-corrected chi connectivity index (χ1v) is 7.59. The number of hydrogen-bond acceptors (Lipinski definition) is 3. The maximum Gasteiger partial charge on any atom is 0.0596 e. The summed E-state index contributed by atoms with van der Waals surface area (Å²) in [5, 5.41) is 7.73. The molecule has 0 fully saturated rings. The van der Waals surface area contributed by atoms with E-state index in [2.05, 4.69) is 47.7 Å². The van der Waals surface area contributed by atoms with Crippen LogP contribution in [0.4, 0.5) is 0 Å². The molecule has 0 aliphatic carbocycles. The number of benzene rings is 1. The fourth-order valence-electron chi connectivity index (χ4n) is 1.97. The quantitative estimate of drug-likeness (QED) is 0.821. The highest BCUT2D eigenvalue weighted by Crippen LogP contribution is 2.23. The third kappa shape index (κ3) is 4.11. The van der Waals surface area contributed by atoms with Crippen molar-refractivity contribution in [3.05, 3.63) is 47.3 Å². The summed E-state index contributed by atoms with van der Waals surface area (Å²) in [5.74, 6) is 0.960. The van der Waals surface area contributed by atoms with E-state index in [9.17, 15) is 0 Å². The summed E-state index contributed by atoms with van der Waals surface area (Å²) in [4.78, 5) is 1.31. The smallest absolute Gasteiger partial charge is 0.0596 e. The van der Waals surface area contributed by atoms with E-state index in [0.717, 1.165) is 24.5 Å². The van der Waals surface area contributed by atoms with E-state index >= 15 is 0 Å². The van der Waals surface area contributed by atoms with Crippen LogP contribution in [0.3, 0.4) is 0 Å². The van der Waals surface area contributed by atoms with Gasteiger partial charge in [-0.05, 0) is 37.2 Å². The maximum atomic E-state index is 4.37. The van der Waals surface area contributed by atoms with Crippen molar-refractivity contribution in [3.63, 3.8) is 0 Å². The molecule has 0 aliphatic heterocycles. The van der Waals surface area contributed by atoms with Gasteiger partial charge in [0, 0.05) is 29.9 Å². The Labute approximate surface area is 119 Å². The SMILES string of the molecule is CCNCc1cccc(SCc2cc(C)nn2C)c1. The van der Waals surface area contributed by atoms with Crippen LogP contribution in [0.2, 0.25) is 0 Å². The van der Waals surface area contributed by atoms with Gasteiger partial charge in [-0.3, -0.25) is 4.68 Å². The Kier molecular flexibility index (Phi) is 5.05. The molecule has 0 spiro atoms. The lowest BCUT2D eigenvalue weighted by molar-refractivity contribution is 0.725. The minimum atomic E-state index is 0.940. The Morgan fingerprint density at radius 3 is 2.84 bits per heavy atom. The minimum Gasteiger partial charge on any atom is -0.313 e. The number of nitrogens with zero attached hydrogens (tertiary/aromatic N) is 2. The molecule has 0 amide bonds. The second-order valence-corrected chi connectivity index (χ2v) is 5.67. The van der Waals surface area contributed by atoms with E-state index in [4.69, 9.17) is 0 Å². The van der Waals surface area contributed by atoms with Gasteiger partial charge in [0.05, 0.1) is 5.69 Å². The number of nitrogens with one attached hydrogen (secondary N) is 1. The van der Waals surface area contributed by atoms with Gasteiger partial charge < -0.3 is 5.32 Å². The average molecular weight is 275 g/mol. The second-order valence-electron chi connectivity index (χ2n) is 4.62. The molecule has 1 heterocycles. The second kappa shape index (κ2) is 6.78. The number of rotatable bonds is 6. The van der Waals surface area contributed by atoms with Gasteiger partial charge in [0.15, 0.2) is 0 Å². The highest BCUT2D eigenvalue weighted by Gasteiger charge is 2.03. The molecular weight excluding hydrogens is 254 g/mol. The molecule has 0 radical (unpaired) electrons. The van der Waals surface area contributed by atoms with Gasteiger partial charge in [-0.1, -0.05) is 19.1 Å². The molecule has 0 aliphatic rings. The molecule has 1 aromatic carbocycles. The summed E-state index contributed by atoms with van der Waals surface area (Å²) in [7, 11) is 2.00. The van der Waals surface area contributed by atoms with Crippen LogP contribution in [0.15, 0.2) is 35.2 Å². The van der Waals surface area contributed by atoms with Crippen molar-refractivity contribution in [3.8, 4) is 0 Å². The van der Waals surface area contributed by atoms with Crippen molar-refractivity contribution in [1.82, 2.24) is 15.1 Å². The third-order valence-electron chi connectivity index (χ3n) is 2.96. The molecule has 1 N–H and O–H groups in total. The first-order valence-electron chi connectivity index (χ1n) is 6.61. The van der Waals surface area contributed by atoms with Gasteiger partial charge in [0.2, 0.25) is 0 Å². The molecule has 2 aromatic rings. The monoisotopic (exact) mass is 275 g/mol. The van der Waals surface area contributed by atoms with Gasteiger partial charge in [-0.15, -0.1) is 11.8 Å². The van der Waals surface area contributed by atoms with Gasteiger partial charge in [0.1, 0.15) is 0 Å². The molecule has 3 nitrogen and oxygen atoms in total. The van der Waals surface area contributed by atoms with Crippen LogP contribution in [-0.2, 0) is 19.3 Å². The normalized spacial score (nSPS) is 10.9. The standard InChI is InChI=1S/C15H21N3S/c1-4-16-10-13-6-5-7-15(9-13)19-11-14-8-12(2)17-18(14)3/h5-9,16H,4,10-11H2,1-3H3. The number of hydrogen-bond donors (Lipinski definition) is 1. The fraction of sp³-hybridized carbons (Fsp3) is 0.400. The van der Waals surface area contributed by atoms with Crippen LogP contribution in [0.5, 0.6) is 0 Å². The maximum absolute atomic E-state index is 4.37. The van der Waals surface area contributed by atoms with Crippen LogP contribution in [-0.4, -0.2) is 16.3 Å². The predicted octanol–water partition coefficient (Wildman–Crippen LogP) is 3.13. The van der Waals surface area contributed by atoms with E-state index in [-0.39, 0.29) is 0 Å². The van der Waals surface area contributed by atoms with Crippen molar-refractivity contribution in [1.29, 1.82) is 0 Å². The van der Waals surface area contributed by atoms with Gasteiger partial charge in [-0.2, -0.15) is 5.10 Å².